The van der Waals surface area contributed by atoms with Crippen LogP contribution < -0.4 is 10.6 Å². The highest BCUT2D eigenvalue weighted by atomic mass is 19.1. The Morgan fingerprint density at radius 2 is 1.88 bits per heavy atom. The number of amides is 3. The fourth-order valence-corrected chi connectivity index (χ4v) is 6.98. The summed E-state index contributed by atoms with van der Waals surface area (Å²) in [4.78, 5) is 27.8. The first-order chi connectivity index (χ1) is 16.2. The number of benzene rings is 1. The van der Waals surface area contributed by atoms with Crippen LogP contribution in [0.25, 0.3) is 0 Å². The molecule has 6 nitrogen and oxygen atoms in total. The predicted molar refractivity (Wildman–Crippen MR) is 131 cm³/mol. The van der Waals surface area contributed by atoms with Crippen molar-refractivity contribution in [3.8, 4) is 0 Å². The van der Waals surface area contributed by atoms with Gasteiger partial charge in [-0.3, -0.25) is 4.79 Å². The number of aliphatic hydroxyl groups is 1. The molecule has 4 rings (SSSR count). The van der Waals surface area contributed by atoms with Gasteiger partial charge in [-0.2, -0.15) is 0 Å². The van der Waals surface area contributed by atoms with Crippen LogP contribution in [0.5, 0.6) is 0 Å². The highest BCUT2D eigenvalue weighted by Crippen LogP contribution is 2.55. The lowest BCUT2D eigenvalue weighted by Crippen LogP contribution is -2.59. The average Bonchev–Trinajstić information content (AvgIpc) is 2.81. The largest absolute Gasteiger partial charge is 0.392 e. The third-order valence-electron chi connectivity index (χ3n) is 8.99. The number of likely N-dealkylation sites (tertiary alicyclic amines) is 1. The summed E-state index contributed by atoms with van der Waals surface area (Å²) in [6.07, 6.45) is 6.35. The molecule has 1 aromatic rings. The van der Waals surface area contributed by atoms with Crippen molar-refractivity contribution in [3.05, 3.63) is 30.1 Å². The van der Waals surface area contributed by atoms with E-state index < -0.39 is 11.9 Å². The highest BCUT2D eigenvalue weighted by molar-refractivity contribution is 5.89. The van der Waals surface area contributed by atoms with E-state index in [1.54, 1.807) is 12.1 Å². The molecule has 0 radical (unpaired) electrons. The zero-order valence-electron chi connectivity index (χ0n) is 20.7. The van der Waals surface area contributed by atoms with E-state index in [1.165, 1.54) is 18.6 Å². The van der Waals surface area contributed by atoms with Crippen LogP contribution in [0.1, 0.15) is 65.7 Å². The molecule has 1 aliphatic heterocycles. The van der Waals surface area contributed by atoms with Gasteiger partial charge in [-0.25, -0.2) is 9.18 Å². The van der Waals surface area contributed by atoms with Crippen LogP contribution in [0.2, 0.25) is 0 Å². The van der Waals surface area contributed by atoms with Crippen molar-refractivity contribution in [2.45, 2.75) is 77.9 Å². The summed E-state index contributed by atoms with van der Waals surface area (Å²) in [5.74, 6) is -0.406. The van der Waals surface area contributed by atoms with Gasteiger partial charge in [0.25, 0.3) is 0 Å². The number of nitrogens with zero attached hydrogens (tertiary/aromatic N) is 1. The lowest BCUT2D eigenvalue weighted by atomic mass is 9.51. The van der Waals surface area contributed by atoms with Gasteiger partial charge in [0.1, 0.15) is 5.82 Å². The molecule has 34 heavy (non-hydrogen) atoms. The van der Waals surface area contributed by atoms with Crippen LogP contribution in [-0.2, 0) is 4.79 Å². The lowest BCUT2D eigenvalue weighted by molar-refractivity contribution is -0.150. The van der Waals surface area contributed by atoms with Gasteiger partial charge >= 0.3 is 6.03 Å². The number of fused-ring (bicyclic) bond motifs is 1. The number of nitrogens with one attached hydrogen (secondary N) is 2. The smallest absolute Gasteiger partial charge is 0.319 e. The molecule has 0 spiro atoms. The van der Waals surface area contributed by atoms with Crippen molar-refractivity contribution in [3.63, 3.8) is 0 Å². The monoisotopic (exact) mass is 473 g/mol. The van der Waals surface area contributed by atoms with Crippen LogP contribution >= 0.6 is 0 Å². The second-order valence-electron chi connectivity index (χ2n) is 11.2. The molecular weight excluding hydrogens is 433 g/mol. The van der Waals surface area contributed by atoms with Crippen molar-refractivity contribution < 1.29 is 19.1 Å². The Morgan fingerprint density at radius 1 is 1.18 bits per heavy atom. The highest BCUT2D eigenvalue weighted by Gasteiger charge is 2.54. The minimum Gasteiger partial charge on any atom is -0.392 e. The summed E-state index contributed by atoms with van der Waals surface area (Å²) in [5, 5.41) is 17.4. The van der Waals surface area contributed by atoms with Gasteiger partial charge in [-0.05, 0) is 86.3 Å². The van der Waals surface area contributed by atoms with Gasteiger partial charge in [0.05, 0.1) is 6.10 Å². The van der Waals surface area contributed by atoms with Crippen molar-refractivity contribution in [2.75, 3.05) is 18.4 Å². The molecule has 0 bridgehead atoms. The van der Waals surface area contributed by atoms with Crippen LogP contribution in [0, 0.1) is 34.9 Å². The second-order valence-corrected chi connectivity index (χ2v) is 11.2. The summed E-state index contributed by atoms with van der Waals surface area (Å²) >= 11 is 0. The van der Waals surface area contributed by atoms with Gasteiger partial charge < -0.3 is 20.6 Å². The zero-order chi connectivity index (χ0) is 24.5. The summed E-state index contributed by atoms with van der Waals surface area (Å²) in [5.41, 5.74) is 0.411. The average molecular weight is 474 g/mol. The summed E-state index contributed by atoms with van der Waals surface area (Å²) < 4.78 is 13.5. The number of piperidine rings is 1. The quantitative estimate of drug-likeness (QED) is 0.588. The third kappa shape index (κ3) is 5.09. The molecule has 7 atom stereocenters. The van der Waals surface area contributed by atoms with Crippen molar-refractivity contribution >= 4 is 17.6 Å². The number of hydrogen-bond acceptors (Lipinski definition) is 3. The molecule has 3 N–H and O–H groups in total. The lowest BCUT2D eigenvalue weighted by Gasteiger charge is -2.56. The van der Waals surface area contributed by atoms with E-state index in [0.717, 1.165) is 51.6 Å². The molecule has 7 heteroatoms. The Hall–Kier alpha value is -2.15. The molecular formula is C27H40FN3O3. The number of carbonyl (C=O) groups is 2. The minimum absolute atomic E-state index is 0.000436. The Labute approximate surface area is 202 Å². The molecule has 1 saturated heterocycles. The standard InChI is InChI=1S/C27H40FN3O3/c1-17(25(33)31-14-5-4-6-15-31)21-10-12-27(3)13-11-22(18(2)23(27)24(21)32)30-26(34)29-20-9-7-8-19(28)16-20/h7-9,16-18,21-24,32H,4-6,10-15H2,1-3H3,(H2,29,30,34)/t17-,18-,21+,22-,23+,24-,27+/m0/s1. The predicted octanol–water partition coefficient (Wildman–Crippen LogP) is 4.79. The Morgan fingerprint density at radius 3 is 2.59 bits per heavy atom. The molecule has 3 fully saturated rings. The summed E-state index contributed by atoms with van der Waals surface area (Å²) in [7, 11) is 0. The topological polar surface area (TPSA) is 81.7 Å². The van der Waals surface area contributed by atoms with Gasteiger partial charge in [0.15, 0.2) is 0 Å². The number of urea groups is 1. The molecule has 3 aliphatic rings. The molecule has 1 aromatic carbocycles. The molecule has 1 heterocycles. The number of carbonyl (C=O) groups excluding carboxylic acids is 2. The van der Waals surface area contributed by atoms with E-state index in [9.17, 15) is 19.1 Å². The number of halogens is 1. The van der Waals surface area contributed by atoms with Crippen LogP contribution in [0.15, 0.2) is 24.3 Å². The molecule has 188 valence electrons. The number of rotatable bonds is 4. The fourth-order valence-electron chi connectivity index (χ4n) is 6.98. The van der Waals surface area contributed by atoms with E-state index in [-0.39, 0.29) is 47.1 Å². The fraction of sp³-hybridized carbons (Fsp3) is 0.704. The first-order valence-corrected chi connectivity index (χ1v) is 13.0. The number of hydrogen-bond donors (Lipinski definition) is 3. The minimum atomic E-state index is -0.576. The first kappa shape index (κ1) is 25.0. The first-order valence-electron chi connectivity index (χ1n) is 13.0. The maximum absolute atomic E-state index is 13.5. The summed E-state index contributed by atoms with van der Waals surface area (Å²) in [6.45, 7) is 8.01. The molecule has 0 aromatic heterocycles. The van der Waals surface area contributed by atoms with Crippen molar-refractivity contribution in [1.82, 2.24) is 10.2 Å². The second kappa shape index (κ2) is 10.2. The third-order valence-corrected chi connectivity index (χ3v) is 8.99. The van der Waals surface area contributed by atoms with Gasteiger partial charge in [0, 0.05) is 30.7 Å². The SMILES string of the molecule is C[C@@H]1[C@@H]2[C@@H](O)[C@@H]([C@H](C)C(=O)N3CCCCC3)CC[C@]2(C)CC[C@@H]1NC(=O)Nc1cccc(F)c1. The van der Waals surface area contributed by atoms with Crippen LogP contribution in [0.4, 0.5) is 14.9 Å². The Balaban J connectivity index is 1.42. The number of anilines is 1. The van der Waals surface area contributed by atoms with E-state index >= 15 is 0 Å². The van der Waals surface area contributed by atoms with E-state index in [2.05, 4.69) is 24.5 Å². The number of aliphatic hydroxyl groups excluding tert-OH is 1. The van der Waals surface area contributed by atoms with E-state index in [4.69, 9.17) is 0 Å². The molecule has 2 aliphatic carbocycles. The van der Waals surface area contributed by atoms with E-state index in [0.29, 0.717) is 5.69 Å². The molecule has 2 saturated carbocycles. The van der Waals surface area contributed by atoms with Crippen molar-refractivity contribution in [1.29, 1.82) is 0 Å². The zero-order valence-corrected chi connectivity index (χ0v) is 20.7. The van der Waals surface area contributed by atoms with Crippen LogP contribution in [-0.4, -0.2) is 47.2 Å². The Kier molecular flexibility index (Phi) is 7.51. The Bertz CT molecular complexity index is 890. The van der Waals surface area contributed by atoms with Gasteiger partial charge in [-0.1, -0.05) is 26.8 Å². The van der Waals surface area contributed by atoms with E-state index in [1.807, 2.05) is 11.8 Å². The van der Waals surface area contributed by atoms with Gasteiger partial charge in [-0.15, -0.1) is 0 Å². The maximum atomic E-state index is 13.5. The normalized spacial score (nSPS) is 34.6. The maximum Gasteiger partial charge on any atom is 0.319 e. The van der Waals surface area contributed by atoms with Crippen LogP contribution in [0.3, 0.4) is 0 Å². The summed E-state index contributed by atoms with van der Waals surface area (Å²) in [6, 6.07) is 5.39. The molecule has 0 unspecified atom stereocenters. The van der Waals surface area contributed by atoms with Crippen molar-refractivity contribution in [2.24, 2.45) is 29.1 Å². The van der Waals surface area contributed by atoms with Gasteiger partial charge in [0.2, 0.25) is 5.91 Å². The molecule has 3 amide bonds.